The van der Waals surface area contributed by atoms with E-state index in [-0.39, 0.29) is 0 Å². The lowest BCUT2D eigenvalue weighted by molar-refractivity contribution is 0.0442. The van der Waals surface area contributed by atoms with Gasteiger partial charge in [-0.1, -0.05) is 18.2 Å². The Kier molecular flexibility index (Phi) is 6.12. The average molecular weight is 253 g/mol. The van der Waals surface area contributed by atoms with Crippen molar-refractivity contribution >= 4 is 0 Å². The van der Waals surface area contributed by atoms with Crippen molar-refractivity contribution in [3.8, 4) is 5.75 Å². The number of nitrogens with one attached hydrogen (secondary N) is 1. The minimum Gasteiger partial charge on any atom is -0.491 e. The molecule has 1 atom stereocenters. The Morgan fingerprint density at radius 1 is 1.28 bits per heavy atom. The summed E-state index contributed by atoms with van der Waals surface area (Å²) in [6.45, 7) is 3.57. The smallest absolute Gasteiger partial charge is 0.125 e. The van der Waals surface area contributed by atoms with Crippen LogP contribution in [0.25, 0.3) is 0 Å². The Labute approximate surface area is 109 Å². The quantitative estimate of drug-likeness (QED) is 0.690. The number of methoxy groups -OCH3 is 1. The monoisotopic (exact) mass is 253 g/mol. The van der Waals surface area contributed by atoms with Gasteiger partial charge in [0.15, 0.2) is 0 Å². The average Bonchev–Trinajstić information content (AvgIpc) is 2.37. The minimum atomic E-state index is -0.896. The van der Waals surface area contributed by atoms with Crippen LogP contribution in [0, 0.1) is 0 Å². The van der Waals surface area contributed by atoms with Gasteiger partial charge in [0.1, 0.15) is 12.4 Å². The number of aliphatic hydroxyl groups is 1. The number of benzene rings is 1. The van der Waals surface area contributed by atoms with Crippen molar-refractivity contribution in [2.24, 2.45) is 0 Å². The molecule has 102 valence electrons. The largest absolute Gasteiger partial charge is 0.491 e. The van der Waals surface area contributed by atoms with Crippen molar-refractivity contribution in [3.63, 3.8) is 0 Å². The van der Waals surface area contributed by atoms with Crippen LogP contribution < -0.4 is 10.1 Å². The molecular formula is C14H23NO3. The minimum absolute atomic E-state index is 0.482. The molecule has 1 aromatic rings. The van der Waals surface area contributed by atoms with E-state index in [1.807, 2.05) is 38.2 Å². The molecule has 4 heteroatoms. The van der Waals surface area contributed by atoms with Gasteiger partial charge < -0.3 is 19.9 Å². The number of para-hydroxylation sites is 1. The first kappa shape index (κ1) is 15.0. The summed E-state index contributed by atoms with van der Waals surface area (Å²) in [5, 5.41) is 13.5. The van der Waals surface area contributed by atoms with E-state index in [4.69, 9.17) is 9.47 Å². The first-order valence-corrected chi connectivity index (χ1v) is 6.20. The van der Waals surface area contributed by atoms with E-state index in [1.165, 1.54) is 0 Å². The summed E-state index contributed by atoms with van der Waals surface area (Å²) >= 11 is 0. The van der Waals surface area contributed by atoms with Gasteiger partial charge in [0, 0.05) is 12.7 Å². The SMILES string of the molecule is CNCCC(C)(O)c1ccccc1OCCOC. The van der Waals surface area contributed by atoms with E-state index in [9.17, 15) is 5.11 Å². The number of ether oxygens (including phenoxy) is 2. The second-order valence-electron chi connectivity index (χ2n) is 4.46. The summed E-state index contributed by atoms with van der Waals surface area (Å²) in [5.74, 6) is 0.718. The molecule has 1 unspecified atom stereocenters. The van der Waals surface area contributed by atoms with E-state index >= 15 is 0 Å². The molecule has 0 saturated carbocycles. The molecule has 0 aromatic heterocycles. The summed E-state index contributed by atoms with van der Waals surface area (Å²) in [6.07, 6.45) is 0.633. The van der Waals surface area contributed by atoms with Gasteiger partial charge >= 0.3 is 0 Å². The van der Waals surface area contributed by atoms with Gasteiger partial charge in [0.25, 0.3) is 0 Å². The fourth-order valence-electron chi connectivity index (χ4n) is 1.78. The van der Waals surface area contributed by atoms with E-state index in [0.717, 1.165) is 17.9 Å². The highest BCUT2D eigenvalue weighted by Gasteiger charge is 2.25. The fourth-order valence-corrected chi connectivity index (χ4v) is 1.78. The maximum absolute atomic E-state index is 10.5. The molecule has 0 saturated heterocycles. The standard InChI is InChI=1S/C14H23NO3/c1-14(16,8-9-15-2)12-6-4-5-7-13(12)18-11-10-17-3/h4-7,15-16H,8-11H2,1-3H3. The molecule has 1 aromatic carbocycles. The predicted molar refractivity (Wildman–Crippen MR) is 71.9 cm³/mol. The normalized spacial score (nSPS) is 14.2. The summed E-state index contributed by atoms with van der Waals surface area (Å²) in [5.41, 5.74) is -0.0801. The van der Waals surface area contributed by atoms with E-state index < -0.39 is 5.60 Å². The zero-order valence-electron chi connectivity index (χ0n) is 11.4. The predicted octanol–water partition coefficient (Wildman–Crippen LogP) is 1.53. The van der Waals surface area contributed by atoms with Gasteiger partial charge in [-0.15, -0.1) is 0 Å². The maximum Gasteiger partial charge on any atom is 0.125 e. The molecule has 4 nitrogen and oxygen atoms in total. The highest BCUT2D eigenvalue weighted by atomic mass is 16.5. The molecule has 0 bridgehead atoms. The Hall–Kier alpha value is -1.10. The second-order valence-corrected chi connectivity index (χ2v) is 4.46. The van der Waals surface area contributed by atoms with Gasteiger partial charge in [-0.25, -0.2) is 0 Å². The molecule has 0 aliphatic rings. The number of hydrogen-bond donors (Lipinski definition) is 2. The molecule has 0 aliphatic heterocycles. The van der Waals surface area contributed by atoms with Crippen molar-refractivity contribution < 1.29 is 14.6 Å². The first-order valence-electron chi connectivity index (χ1n) is 6.20. The molecular weight excluding hydrogens is 230 g/mol. The lowest BCUT2D eigenvalue weighted by atomic mass is 9.91. The van der Waals surface area contributed by atoms with Crippen LogP contribution in [0.2, 0.25) is 0 Å². The Morgan fingerprint density at radius 3 is 2.67 bits per heavy atom. The van der Waals surface area contributed by atoms with Crippen LogP contribution in [0.1, 0.15) is 18.9 Å². The topological polar surface area (TPSA) is 50.7 Å². The molecule has 0 spiro atoms. The van der Waals surface area contributed by atoms with Crippen LogP contribution in [0.15, 0.2) is 24.3 Å². The van der Waals surface area contributed by atoms with E-state index in [0.29, 0.717) is 19.6 Å². The Morgan fingerprint density at radius 2 is 2.00 bits per heavy atom. The molecule has 0 radical (unpaired) electrons. The molecule has 0 amide bonds. The zero-order valence-corrected chi connectivity index (χ0v) is 11.4. The van der Waals surface area contributed by atoms with Crippen LogP contribution in [0.3, 0.4) is 0 Å². The molecule has 0 aliphatic carbocycles. The van der Waals surface area contributed by atoms with Crippen LogP contribution >= 0.6 is 0 Å². The van der Waals surface area contributed by atoms with Gasteiger partial charge in [0.2, 0.25) is 0 Å². The van der Waals surface area contributed by atoms with Crippen LogP contribution in [-0.4, -0.2) is 39.0 Å². The Bertz CT molecular complexity index is 353. The van der Waals surface area contributed by atoms with Crippen molar-refractivity contribution in [3.05, 3.63) is 29.8 Å². The lowest BCUT2D eigenvalue weighted by Gasteiger charge is -2.26. The van der Waals surface area contributed by atoms with E-state index in [1.54, 1.807) is 7.11 Å². The lowest BCUT2D eigenvalue weighted by Crippen LogP contribution is -2.27. The summed E-state index contributed by atoms with van der Waals surface area (Å²) in [4.78, 5) is 0. The summed E-state index contributed by atoms with van der Waals surface area (Å²) in [6, 6.07) is 7.59. The highest BCUT2D eigenvalue weighted by Crippen LogP contribution is 2.32. The fraction of sp³-hybridized carbons (Fsp3) is 0.571. The molecule has 0 fully saturated rings. The van der Waals surface area contributed by atoms with E-state index in [2.05, 4.69) is 5.32 Å². The van der Waals surface area contributed by atoms with Crippen LogP contribution in [0.4, 0.5) is 0 Å². The Balaban J connectivity index is 2.79. The van der Waals surface area contributed by atoms with Gasteiger partial charge in [0.05, 0.1) is 12.2 Å². The number of rotatable bonds is 8. The van der Waals surface area contributed by atoms with Crippen molar-refractivity contribution in [2.45, 2.75) is 18.9 Å². The van der Waals surface area contributed by atoms with Gasteiger partial charge in [-0.05, 0) is 33.0 Å². The molecule has 18 heavy (non-hydrogen) atoms. The van der Waals surface area contributed by atoms with Crippen molar-refractivity contribution in [1.82, 2.24) is 5.32 Å². The number of hydrogen-bond acceptors (Lipinski definition) is 4. The van der Waals surface area contributed by atoms with Crippen molar-refractivity contribution in [2.75, 3.05) is 33.9 Å². The van der Waals surface area contributed by atoms with Crippen LogP contribution in [-0.2, 0) is 10.3 Å². The third-order valence-corrected chi connectivity index (χ3v) is 2.87. The molecule has 0 heterocycles. The summed E-state index contributed by atoms with van der Waals surface area (Å²) < 4.78 is 10.6. The first-order chi connectivity index (χ1) is 8.61. The summed E-state index contributed by atoms with van der Waals surface area (Å²) in [7, 11) is 3.51. The third kappa shape index (κ3) is 4.29. The molecule has 2 N–H and O–H groups in total. The second kappa shape index (κ2) is 7.36. The van der Waals surface area contributed by atoms with Gasteiger partial charge in [-0.2, -0.15) is 0 Å². The third-order valence-electron chi connectivity index (χ3n) is 2.87. The zero-order chi connectivity index (χ0) is 13.4. The van der Waals surface area contributed by atoms with Crippen LogP contribution in [0.5, 0.6) is 5.75 Å². The van der Waals surface area contributed by atoms with Gasteiger partial charge in [-0.3, -0.25) is 0 Å². The maximum atomic E-state index is 10.5. The molecule has 1 rings (SSSR count). The highest BCUT2D eigenvalue weighted by molar-refractivity contribution is 5.37. The van der Waals surface area contributed by atoms with Crippen molar-refractivity contribution in [1.29, 1.82) is 0 Å².